The molecule has 0 saturated carbocycles. The van der Waals surface area contributed by atoms with Gasteiger partial charge in [0.1, 0.15) is 5.75 Å². The van der Waals surface area contributed by atoms with Gasteiger partial charge in [0, 0.05) is 18.6 Å². The number of nitrogens with zero attached hydrogens (tertiary/aromatic N) is 1. The van der Waals surface area contributed by atoms with E-state index in [-0.39, 0.29) is 6.10 Å². The van der Waals surface area contributed by atoms with Gasteiger partial charge in [-0.05, 0) is 48.1 Å². The van der Waals surface area contributed by atoms with Crippen molar-refractivity contribution in [1.29, 1.82) is 0 Å². The Labute approximate surface area is 231 Å². The second kappa shape index (κ2) is 15.7. The largest absolute Gasteiger partial charge is 0.497 e. The van der Waals surface area contributed by atoms with E-state index in [1.165, 1.54) is 68.1 Å². The smallest absolute Gasteiger partial charge is 0.118 e. The zero-order valence-corrected chi connectivity index (χ0v) is 23.6. The standard InChI is InChI=1S/C35H47NO2/c1-3-4-5-6-7-8-15-20-32-26-35(38-28-31-18-13-10-14-19-31)34(25-29-16-11-9-12-17-29)36(32)27-30-21-23-33(37-2)24-22-30/h9-14,16-19,21-24,32,34-35H,3-8,15,20,25-28H2,1-2H3/t32-,34+,35+/m1/s1. The zero-order chi connectivity index (χ0) is 26.4. The summed E-state index contributed by atoms with van der Waals surface area (Å²) in [5.74, 6) is 0.916. The van der Waals surface area contributed by atoms with E-state index in [2.05, 4.69) is 96.8 Å². The molecule has 1 fully saturated rings. The van der Waals surface area contributed by atoms with E-state index in [4.69, 9.17) is 9.47 Å². The van der Waals surface area contributed by atoms with Crippen LogP contribution in [0.25, 0.3) is 0 Å². The first-order valence-corrected chi connectivity index (χ1v) is 14.8. The van der Waals surface area contributed by atoms with Gasteiger partial charge in [-0.1, -0.05) is 125 Å². The Hall–Kier alpha value is -2.62. The van der Waals surface area contributed by atoms with Gasteiger partial charge in [-0.2, -0.15) is 0 Å². The molecule has 4 rings (SSSR count). The molecular weight excluding hydrogens is 466 g/mol. The Morgan fingerprint density at radius 3 is 2.00 bits per heavy atom. The Morgan fingerprint density at radius 2 is 1.34 bits per heavy atom. The van der Waals surface area contributed by atoms with E-state index in [1.807, 2.05) is 0 Å². The first-order valence-electron chi connectivity index (χ1n) is 14.8. The molecule has 1 aliphatic heterocycles. The van der Waals surface area contributed by atoms with Crippen molar-refractivity contribution in [2.75, 3.05) is 7.11 Å². The molecule has 1 saturated heterocycles. The predicted molar refractivity (Wildman–Crippen MR) is 159 cm³/mol. The molecule has 1 aliphatic rings. The molecule has 0 N–H and O–H groups in total. The Bertz CT molecular complexity index is 1020. The van der Waals surface area contributed by atoms with Crippen molar-refractivity contribution in [1.82, 2.24) is 4.90 Å². The molecule has 3 aromatic carbocycles. The molecule has 0 amide bonds. The van der Waals surface area contributed by atoms with Gasteiger partial charge in [0.05, 0.1) is 19.8 Å². The van der Waals surface area contributed by atoms with Crippen LogP contribution in [0, 0.1) is 0 Å². The summed E-state index contributed by atoms with van der Waals surface area (Å²) in [6.45, 7) is 3.92. The molecule has 0 radical (unpaired) electrons. The quantitative estimate of drug-likeness (QED) is 0.179. The monoisotopic (exact) mass is 513 g/mol. The van der Waals surface area contributed by atoms with Crippen LogP contribution in [-0.4, -0.2) is 30.2 Å². The molecular formula is C35H47NO2. The SMILES string of the molecule is CCCCCCCCC[C@@H]1C[C@H](OCc2ccccc2)[C@H](Cc2ccccc2)N1Cc1ccc(OC)cc1. The fourth-order valence-electron chi connectivity index (χ4n) is 5.91. The fourth-order valence-corrected chi connectivity index (χ4v) is 5.91. The molecule has 0 aromatic heterocycles. The minimum atomic E-state index is 0.225. The highest BCUT2D eigenvalue weighted by Gasteiger charge is 2.41. The van der Waals surface area contributed by atoms with E-state index in [9.17, 15) is 0 Å². The van der Waals surface area contributed by atoms with Crippen LogP contribution in [0.2, 0.25) is 0 Å². The number of ether oxygens (including phenoxy) is 2. The van der Waals surface area contributed by atoms with Crippen LogP contribution in [-0.2, 0) is 24.3 Å². The van der Waals surface area contributed by atoms with Gasteiger partial charge in [0.25, 0.3) is 0 Å². The molecule has 1 heterocycles. The molecule has 204 valence electrons. The molecule has 3 aromatic rings. The predicted octanol–water partition coefficient (Wildman–Crippen LogP) is 8.61. The van der Waals surface area contributed by atoms with E-state index in [0.717, 1.165) is 25.1 Å². The van der Waals surface area contributed by atoms with E-state index < -0.39 is 0 Å². The summed E-state index contributed by atoms with van der Waals surface area (Å²) in [5, 5.41) is 0. The van der Waals surface area contributed by atoms with Gasteiger partial charge in [-0.25, -0.2) is 0 Å². The van der Waals surface area contributed by atoms with Crippen molar-refractivity contribution in [3.8, 4) is 5.75 Å². The van der Waals surface area contributed by atoms with Gasteiger partial charge >= 0.3 is 0 Å². The summed E-state index contributed by atoms with van der Waals surface area (Å²) < 4.78 is 12.1. The highest BCUT2D eigenvalue weighted by Crippen LogP contribution is 2.34. The third-order valence-corrected chi connectivity index (χ3v) is 8.09. The summed E-state index contributed by atoms with van der Waals surface area (Å²) in [6, 6.07) is 31.1. The van der Waals surface area contributed by atoms with Crippen molar-refractivity contribution in [2.24, 2.45) is 0 Å². The maximum absolute atomic E-state index is 6.72. The van der Waals surface area contributed by atoms with Crippen LogP contribution in [0.15, 0.2) is 84.9 Å². The Kier molecular flexibility index (Phi) is 11.7. The van der Waals surface area contributed by atoms with Gasteiger partial charge in [-0.3, -0.25) is 4.90 Å². The van der Waals surface area contributed by atoms with Crippen molar-refractivity contribution < 1.29 is 9.47 Å². The summed E-state index contributed by atoms with van der Waals surface area (Å²) >= 11 is 0. The highest BCUT2D eigenvalue weighted by atomic mass is 16.5. The third kappa shape index (κ3) is 8.71. The van der Waals surface area contributed by atoms with Crippen LogP contribution < -0.4 is 4.74 Å². The van der Waals surface area contributed by atoms with Crippen LogP contribution >= 0.6 is 0 Å². The number of likely N-dealkylation sites (tertiary alicyclic amines) is 1. The van der Waals surface area contributed by atoms with Gasteiger partial charge in [-0.15, -0.1) is 0 Å². The van der Waals surface area contributed by atoms with Crippen molar-refractivity contribution in [3.05, 3.63) is 102 Å². The lowest BCUT2D eigenvalue weighted by molar-refractivity contribution is 0.0138. The lowest BCUT2D eigenvalue weighted by Gasteiger charge is -2.32. The van der Waals surface area contributed by atoms with Crippen molar-refractivity contribution >= 4 is 0 Å². The van der Waals surface area contributed by atoms with Crippen molar-refractivity contribution in [2.45, 2.75) is 102 Å². The number of unbranched alkanes of at least 4 members (excludes halogenated alkanes) is 6. The number of hydrogen-bond acceptors (Lipinski definition) is 3. The number of rotatable bonds is 16. The third-order valence-electron chi connectivity index (χ3n) is 8.09. The zero-order valence-electron chi connectivity index (χ0n) is 23.6. The van der Waals surface area contributed by atoms with Crippen LogP contribution in [0.3, 0.4) is 0 Å². The second-order valence-electron chi connectivity index (χ2n) is 10.9. The van der Waals surface area contributed by atoms with E-state index in [1.54, 1.807) is 7.11 Å². The molecule has 0 spiro atoms. The maximum atomic E-state index is 6.72. The first-order chi connectivity index (χ1) is 18.8. The number of benzene rings is 3. The topological polar surface area (TPSA) is 21.7 Å². The Morgan fingerprint density at radius 1 is 0.711 bits per heavy atom. The molecule has 3 nitrogen and oxygen atoms in total. The minimum absolute atomic E-state index is 0.225. The summed E-state index contributed by atoms with van der Waals surface area (Å²) in [4.78, 5) is 2.77. The average Bonchev–Trinajstić information content (AvgIpc) is 3.28. The van der Waals surface area contributed by atoms with Crippen LogP contribution in [0.4, 0.5) is 0 Å². The summed E-state index contributed by atoms with van der Waals surface area (Å²) in [7, 11) is 1.73. The lowest BCUT2D eigenvalue weighted by Crippen LogP contribution is -2.40. The molecule has 3 heteroatoms. The average molecular weight is 514 g/mol. The first kappa shape index (κ1) is 28.4. The Balaban J connectivity index is 1.49. The van der Waals surface area contributed by atoms with E-state index >= 15 is 0 Å². The summed E-state index contributed by atoms with van der Waals surface area (Å²) in [5.41, 5.74) is 3.99. The van der Waals surface area contributed by atoms with Crippen LogP contribution in [0.5, 0.6) is 5.75 Å². The summed E-state index contributed by atoms with van der Waals surface area (Å²) in [6.07, 6.45) is 13.1. The van der Waals surface area contributed by atoms with E-state index in [0.29, 0.717) is 18.7 Å². The molecule has 3 atom stereocenters. The van der Waals surface area contributed by atoms with Gasteiger partial charge in [0.15, 0.2) is 0 Å². The maximum Gasteiger partial charge on any atom is 0.118 e. The van der Waals surface area contributed by atoms with Gasteiger partial charge in [0.2, 0.25) is 0 Å². The molecule has 38 heavy (non-hydrogen) atoms. The number of methoxy groups -OCH3 is 1. The fraction of sp³-hybridized carbons (Fsp3) is 0.486. The molecule has 0 bridgehead atoms. The normalized spacial score (nSPS) is 19.6. The number of hydrogen-bond donors (Lipinski definition) is 0. The van der Waals surface area contributed by atoms with Crippen LogP contribution in [0.1, 0.15) is 81.4 Å². The molecule has 0 aliphatic carbocycles. The minimum Gasteiger partial charge on any atom is -0.497 e. The highest BCUT2D eigenvalue weighted by molar-refractivity contribution is 5.27. The molecule has 0 unspecified atom stereocenters. The second-order valence-corrected chi connectivity index (χ2v) is 10.9. The van der Waals surface area contributed by atoms with Crippen molar-refractivity contribution in [3.63, 3.8) is 0 Å². The lowest BCUT2D eigenvalue weighted by atomic mass is 10.0. The van der Waals surface area contributed by atoms with Gasteiger partial charge < -0.3 is 9.47 Å².